The molecule has 2 aromatic carbocycles. The number of aliphatic carboxylic acids is 1. The number of aryl methyl sites for hydroxylation is 2. The molecule has 0 amide bonds. The number of aromatic nitrogens is 4. The van der Waals surface area contributed by atoms with Gasteiger partial charge in [-0.25, -0.2) is 4.68 Å². The largest absolute Gasteiger partial charge is 1.00 e. The van der Waals surface area contributed by atoms with Gasteiger partial charge in [0.2, 0.25) is 0 Å². The number of tetrazole rings is 1. The van der Waals surface area contributed by atoms with Gasteiger partial charge in [-0.1, -0.05) is 30.7 Å². The number of benzene rings is 2. The summed E-state index contributed by atoms with van der Waals surface area (Å²) in [5, 5.41) is 25.8. The van der Waals surface area contributed by atoms with Gasteiger partial charge in [0.15, 0.2) is 0 Å². The Morgan fingerprint density at radius 3 is 2.37 bits per heavy atom. The van der Waals surface area contributed by atoms with Crippen molar-refractivity contribution in [2.24, 2.45) is 0 Å². The molecule has 0 aliphatic rings. The summed E-state index contributed by atoms with van der Waals surface area (Å²) in [4.78, 5) is 13.1. The van der Waals surface area contributed by atoms with Crippen LogP contribution >= 0.6 is 0 Å². The number of unbranched alkanes of at least 4 members (excludes halogenated alkanes) is 2. The number of rotatable bonds is 13. The summed E-state index contributed by atoms with van der Waals surface area (Å²) in [5.41, 5.74) is 5.59. The van der Waals surface area contributed by atoms with Crippen LogP contribution in [0.15, 0.2) is 47.6 Å². The Kier molecular flexibility index (Phi) is 15.0. The minimum atomic E-state index is -0.972. The third kappa shape index (κ3) is 9.99. The third-order valence-corrected chi connectivity index (χ3v) is 5.78. The van der Waals surface area contributed by atoms with E-state index in [4.69, 9.17) is 12.6 Å². The first-order valence-electron chi connectivity index (χ1n) is 11.3. The Balaban J connectivity index is 0.00000306. The number of hydrogen-bond acceptors (Lipinski definition) is 8. The molecule has 0 spiro atoms. The number of para-hydroxylation sites is 1. The van der Waals surface area contributed by atoms with Gasteiger partial charge in [-0.05, 0) is 79.3 Å². The Morgan fingerprint density at radius 1 is 1.03 bits per heavy atom. The molecule has 1 N–H and O–H groups in total. The minimum Gasteiger partial charge on any atom is -0.738 e. The third-order valence-electron chi connectivity index (χ3n) is 5.53. The average Bonchev–Trinajstić information content (AvgIpc) is 3.21. The van der Waals surface area contributed by atoms with E-state index < -0.39 is 5.97 Å². The molecule has 3 rings (SSSR count). The molecule has 8 nitrogen and oxygen atoms in total. The number of carbonyl (C=O) groups excluding carboxylic acids is 1. The summed E-state index contributed by atoms with van der Waals surface area (Å²) >= 11 is 5.15. The topological polar surface area (TPSA) is 99.0 Å². The first-order chi connectivity index (χ1) is 16.0. The van der Waals surface area contributed by atoms with Crippen molar-refractivity contribution in [3.63, 3.8) is 0 Å². The van der Waals surface area contributed by atoms with E-state index in [2.05, 4.69) is 57.8 Å². The molecule has 1 heterocycles. The number of nitrogens with zero attached hydrogens (tertiary/aromatic N) is 5. The van der Waals surface area contributed by atoms with Crippen molar-refractivity contribution < 1.29 is 69.0 Å². The monoisotopic (exact) mass is 512 g/mol. The van der Waals surface area contributed by atoms with Crippen LogP contribution in [0.4, 0.5) is 11.4 Å². The Hall–Kier alpha value is -1.20. The van der Waals surface area contributed by atoms with Crippen LogP contribution in [0.5, 0.6) is 0 Å². The van der Waals surface area contributed by atoms with E-state index in [9.17, 15) is 9.90 Å². The molecule has 0 radical (unpaired) electrons. The Labute approximate surface area is 257 Å². The smallest absolute Gasteiger partial charge is 0.738 e. The summed E-state index contributed by atoms with van der Waals surface area (Å²) in [5.74, 6) is -0.972. The van der Waals surface area contributed by atoms with Crippen molar-refractivity contribution in [1.29, 1.82) is 0 Å². The molecule has 1 aromatic heterocycles. The van der Waals surface area contributed by atoms with Crippen LogP contribution in [0.25, 0.3) is 5.69 Å². The van der Waals surface area contributed by atoms with Gasteiger partial charge in [0.1, 0.15) is 0 Å². The summed E-state index contributed by atoms with van der Waals surface area (Å²) in [6, 6.07) is 14.2. The van der Waals surface area contributed by atoms with Gasteiger partial charge in [0.25, 0.3) is 0 Å². The molecule has 0 saturated carbocycles. The van der Waals surface area contributed by atoms with E-state index in [1.165, 1.54) is 21.5 Å². The number of nitrogens with one attached hydrogen (secondary N) is 1. The van der Waals surface area contributed by atoms with Gasteiger partial charge < -0.3 is 32.7 Å². The van der Waals surface area contributed by atoms with Gasteiger partial charge in [-0.3, -0.25) is 0 Å². The number of hydrogen-bond donors (Lipinski definition) is 1. The van der Waals surface area contributed by atoms with Crippen LogP contribution in [0.3, 0.4) is 0 Å². The molecule has 0 unspecified atom stereocenters. The zero-order chi connectivity index (χ0) is 23.6. The van der Waals surface area contributed by atoms with Crippen LogP contribution in [0.2, 0.25) is 0 Å². The molecular weight excluding hydrogens is 482 g/mol. The van der Waals surface area contributed by atoms with E-state index in [1.54, 1.807) is 0 Å². The quantitative estimate of drug-likeness (QED) is 0.145. The zero-order valence-electron chi connectivity index (χ0n) is 21.2. The van der Waals surface area contributed by atoms with Crippen molar-refractivity contribution in [3.8, 4) is 5.69 Å². The van der Waals surface area contributed by atoms with Gasteiger partial charge in [0, 0.05) is 42.1 Å². The van der Waals surface area contributed by atoms with Gasteiger partial charge >= 0.3 is 59.1 Å². The maximum absolute atomic E-state index is 10.7. The van der Waals surface area contributed by atoms with Crippen LogP contribution in [-0.2, 0) is 17.4 Å². The number of carboxylic acid groups (broad SMARTS) is 1. The van der Waals surface area contributed by atoms with Crippen LogP contribution < -0.4 is 74.4 Å². The van der Waals surface area contributed by atoms with Crippen molar-refractivity contribution in [3.05, 3.63) is 53.6 Å². The first-order valence-corrected chi connectivity index (χ1v) is 11.7. The normalized spacial score (nSPS) is 10.2. The maximum Gasteiger partial charge on any atom is 1.00 e. The van der Waals surface area contributed by atoms with Crippen molar-refractivity contribution in [2.45, 2.75) is 51.1 Å². The molecule has 3 aromatic rings. The predicted octanol–water partition coefficient (Wildman–Crippen LogP) is -3.19. The molecule has 0 saturated heterocycles. The summed E-state index contributed by atoms with van der Waals surface area (Å²) in [7, 11) is 0. The molecular formula is C24H30N6Na2O2S. The second-order valence-electron chi connectivity index (χ2n) is 8.11. The van der Waals surface area contributed by atoms with Gasteiger partial charge in [-0.2, -0.15) is 0 Å². The minimum absolute atomic E-state index is 0. The fraction of sp³-hybridized carbons (Fsp3) is 0.417. The van der Waals surface area contributed by atoms with Crippen molar-refractivity contribution >= 4 is 30.0 Å². The number of anilines is 2. The van der Waals surface area contributed by atoms with E-state index in [-0.39, 0.29) is 65.5 Å². The molecule has 176 valence electrons. The standard InChI is InChI=1S/C24H32N6O2S.2Na/c1-18-9-6-10-19(2)23(18)29(15-5-3-4-13-22(31)32)16-8-14-25-20-11-7-12-21(17-20)30-24(33)26-27-28-30;;/h6-7,9-12,17,25H,3-5,8,13-16H2,1-2H3,(H,31,32)(H,26,28,33);;/q;2*+1/p-2. The fourth-order valence-corrected chi connectivity index (χ4v) is 4.16. The molecule has 0 atom stereocenters. The van der Waals surface area contributed by atoms with E-state index in [1.807, 2.05) is 24.3 Å². The molecule has 0 aliphatic heterocycles. The Morgan fingerprint density at radius 2 is 1.71 bits per heavy atom. The number of carbonyl (C=O) groups is 1. The van der Waals surface area contributed by atoms with E-state index in [0.29, 0.717) is 11.6 Å². The second-order valence-corrected chi connectivity index (χ2v) is 8.48. The summed E-state index contributed by atoms with van der Waals surface area (Å²) < 4.78 is 1.53. The van der Waals surface area contributed by atoms with Gasteiger partial charge in [-0.15, -0.1) is 5.10 Å². The SMILES string of the molecule is Cc1cccc(C)c1N(CCCCCC(=O)[O-])CCCNc1cccc(-n2nnnc2[S-])c1.[Na+].[Na+]. The van der Waals surface area contributed by atoms with Crippen LogP contribution in [0.1, 0.15) is 43.2 Å². The number of carboxylic acids is 1. The zero-order valence-corrected chi connectivity index (χ0v) is 26.0. The summed E-state index contributed by atoms with van der Waals surface area (Å²) in [6.07, 6.45) is 3.57. The van der Waals surface area contributed by atoms with E-state index >= 15 is 0 Å². The summed E-state index contributed by atoms with van der Waals surface area (Å²) in [6.45, 7) is 6.90. The van der Waals surface area contributed by atoms with E-state index in [0.717, 1.165) is 50.3 Å². The molecule has 0 fully saturated rings. The Bertz CT molecular complexity index is 1050. The molecule has 35 heavy (non-hydrogen) atoms. The molecule has 11 heteroatoms. The average molecular weight is 513 g/mol. The van der Waals surface area contributed by atoms with Crippen molar-refractivity contribution in [1.82, 2.24) is 20.2 Å². The molecule has 0 aliphatic carbocycles. The van der Waals surface area contributed by atoms with Crippen LogP contribution in [-0.4, -0.2) is 45.8 Å². The van der Waals surface area contributed by atoms with Gasteiger partial charge in [0.05, 0.1) is 5.69 Å². The van der Waals surface area contributed by atoms with Crippen LogP contribution in [0, 0.1) is 13.8 Å². The second kappa shape index (κ2) is 16.5. The maximum atomic E-state index is 10.7. The predicted molar refractivity (Wildman–Crippen MR) is 129 cm³/mol. The first kappa shape index (κ1) is 31.8. The van der Waals surface area contributed by atoms with Crippen molar-refractivity contribution in [2.75, 3.05) is 29.9 Å². The fourth-order valence-electron chi connectivity index (χ4n) is 3.98. The molecule has 0 bridgehead atoms.